The van der Waals surface area contributed by atoms with Gasteiger partial charge in [0.05, 0.1) is 41.3 Å². The molecule has 8 nitrogen and oxygen atoms in total. The second-order valence-electron chi connectivity index (χ2n) is 8.27. The average Bonchev–Trinajstić information content (AvgIpc) is 3.53. The van der Waals surface area contributed by atoms with E-state index in [1.807, 2.05) is 0 Å². The Labute approximate surface area is 209 Å². The summed E-state index contributed by atoms with van der Waals surface area (Å²) in [7, 11) is 1.22. The molecule has 36 heavy (non-hydrogen) atoms. The van der Waals surface area contributed by atoms with Gasteiger partial charge in [-0.2, -0.15) is 13.2 Å². The summed E-state index contributed by atoms with van der Waals surface area (Å²) in [5, 5.41) is 2.42. The number of aromatic amines is 1. The number of likely N-dealkylation sites (tertiary alicyclic amines) is 1. The van der Waals surface area contributed by atoms with Crippen molar-refractivity contribution >= 4 is 29.3 Å². The number of anilines is 1. The third kappa shape index (κ3) is 5.25. The number of rotatable bonds is 5. The number of alkyl carbamates (subject to hydrolysis) is 1. The van der Waals surface area contributed by atoms with Crippen LogP contribution in [0.25, 0.3) is 22.4 Å². The normalized spacial score (nSPS) is 15.7. The Bertz CT molecular complexity index is 1280. The molecule has 2 amide bonds. The molecule has 0 radical (unpaired) electrons. The zero-order chi connectivity index (χ0) is 26.0. The minimum absolute atomic E-state index is 0.0396. The van der Waals surface area contributed by atoms with E-state index in [9.17, 15) is 22.8 Å². The van der Waals surface area contributed by atoms with Gasteiger partial charge in [0.2, 0.25) is 5.91 Å². The first-order valence-corrected chi connectivity index (χ1v) is 11.4. The number of ether oxygens (including phenoxy) is 1. The first kappa shape index (κ1) is 25.4. The van der Waals surface area contributed by atoms with Gasteiger partial charge in [-0.15, -0.1) is 0 Å². The summed E-state index contributed by atoms with van der Waals surface area (Å²) in [4.78, 5) is 33.1. The molecule has 0 spiro atoms. The van der Waals surface area contributed by atoms with Gasteiger partial charge in [-0.05, 0) is 41.7 Å². The van der Waals surface area contributed by atoms with E-state index in [1.54, 1.807) is 35.4 Å². The summed E-state index contributed by atoms with van der Waals surface area (Å²) >= 11 is 5.99. The van der Waals surface area contributed by atoms with E-state index >= 15 is 0 Å². The standard InChI is InChI=1S/C24H23ClF3N5O3/c1-36-23(35)31-12-21(34)33-8-2-3-20(33)22-30-11-19(32-22)14-6-4-13(5-7-14)15-9-17(25)18(29)10-16(15)24(26,27)28/h4-7,9-11,20H,2-3,8,12,29H2,1H3,(H,30,32)(H,31,35). The van der Waals surface area contributed by atoms with Gasteiger partial charge in [0.25, 0.3) is 0 Å². The van der Waals surface area contributed by atoms with E-state index in [0.29, 0.717) is 35.6 Å². The molecule has 1 atom stereocenters. The highest BCUT2D eigenvalue weighted by molar-refractivity contribution is 6.33. The highest BCUT2D eigenvalue weighted by Crippen LogP contribution is 2.41. The zero-order valence-corrected chi connectivity index (χ0v) is 19.9. The molecule has 1 fully saturated rings. The number of H-pyrrole nitrogens is 1. The van der Waals surface area contributed by atoms with Crippen LogP contribution in [-0.2, 0) is 15.7 Å². The van der Waals surface area contributed by atoms with Crippen molar-refractivity contribution in [3.63, 3.8) is 0 Å². The largest absolute Gasteiger partial charge is 0.453 e. The van der Waals surface area contributed by atoms with Gasteiger partial charge in [-0.1, -0.05) is 35.9 Å². The Hall–Kier alpha value is -3.73. The van der Waals surface area contributed by atoms with Crippen molar-refractivity contribution in [3.8, 4) is 22.4 Å². The Kier molecular flexibility index (Phi) is 7.11. The van der Waals surface area contributed by atoms with Crippen LogP contribution in [0.4, 0.5) is 23.7 Å². The van der Waals surface area contributed by atoms with Gasteiger partial charge in [-0.3, -0.25) is 4.79 Å². The summed E-state index contributed by atoms with van der Waals surface area (Å²) < 4.78 is 45.2. The van der Waals surface area contributed by atoms with Crippen molar-refractivity contribution in [2.75, 3.05) is 25.9 Å². The van der Waals surface area contributed by atoms with Crippen LogP contribution in [0.1, 0.15) is 30.3 Å². The summed E-state index contributed by atoms with van der Waals surface area (Å²) in [6, 6.07) is 8.25. The van der Waals surface area contributed by atoms with Gasteiger partial charge in [-0.25, -0.2) is 9.78 Å². The lowest BCUT2D eigenvalue weighted by atomic mass is 9.97. The monoisotopic (exact) mass is 521 g/mol. The summed E-state index contributed by atoms with van der Waals surface area (Å²) in [5.41, 5.74) is 6.20. The predicted molar refractivity (Wildman–Crippen MR) is 128 cm³/mol. The molecule has 1 aliphatic rings. The molecule has 1 saturated heterocycles. The first-order valence-electron chi connectivity index (χ1n) is 11.0. The molecule has 190 valence electrons. The van der Waals surface area contributed by atoms with Crippen molar-refractivity contribution in [2.24, 2.45) is 0 Å². The number of nitrogen functional groups attached to an aromatic ring is 1. The molecule has 3 aromatic rings. The van der Waals surface area contributed by atoms with Crippen LogP contribution in [-0.4, -0.2) is 47.1 Å². The lowest BCUT2D eigenvalue weighted by molar-refractivity contribution is -0.137. The first-order chi connectivity index (χ1) is 17.1. The number of carbonyl (C=O) groups excluding carboxylic acids is 2. The zero-order valence-electron chi connectivity index (χ0n) is 19.2. The lowest BCUT2D eigenvalue weighted by Crippen LogP contribution is -2.40. The Balaban J connectivity index is 1.54. The van der Waals surface area contributed by atoms with Crippen molar-refractivity contribution in [3.05, 3.63) is 59.0 Å². The van der Waals surface area contributed by atoms with Crippen LogP contribution in [0.3, 0.4) is 0 Å². The van der Waals surface area contributed by atoms with Crippen LogP contribution < -0.4 is 11.1 Å². The van der Waals surface area contributed by atoms with Crippen LogP contribution >= 0.6 is 11.6 Å². The number of nitrogens with two attached hydrogens (primary N) is 1. The summed E-state index contributed by atoms with van der Waals surface area (Å²) in [6.07, 6.45) is -2.19. The second kappa shape index (κ2) is 10.1. The van der Waals surface area contributed by atoms with Crippen molar-refractivity contribution in [1.82, 2.24) is 20.2 Å². The van der Waals surface area contributed by atoms with E-state index in [0.717, 1.165) is 12.5 Å². The fourth-order valence-electron chi connectivity index (χ4n) is 4.22. The van der Waals surface area contributed by atoms with Gasteiger partial charge in [0.15, 0.2) is 0 Å². The third-order valence-corrected chi connectivity index (χ3v) is 6.33. The Morgan fingerprint density at radius 1 is 1.25 bits per heavy atom. The molecule has 12 heteroatoms. The summed E-state index contributed by atoms with van der Waals surface area (Å²) in [6.45, 7) is 0.343. The minimum atomic E-state index is -4.60. The Morgan fingerprint density at radius 3 is 2.61 bits per heavy atom. The second-order valence-corrected chi connectivity index (χ2v) is 8.67. The van der Waals surface area contributed by atoms with Crippen LogP contribution in [0.5, 0.6) is 0 Å². The number of benzene rings is 2. The van der Waals surface area contributed by atoms with Crippen molar-refractivity contribution in [1.29, 1.82) is 0 Å². The molecule has 1 unspecified atom stereocenters. The molecular formula is C24H23ClF3N5O3. The van der Waals surface area contributed by atoms with Crippen LogP contribution in [0, 0.1) is 0 Å². The topological polar surface area (TPSA) is 113 Å². The number of hydrogen-bond donors (Lipinski definition) is 3. The van der Waals surface area contributed by atoms with E-state index in [4.69, 9.17) is 17.3 Å². The molecule has 0 bridgehead atoms. The molecule has 0 saturated carbocycles. The lowest BCUT2D eigenvalue weighted by Gasteiger charge is -2.23. The Morgan fingerprint density at radius 2 is 1.94 bits per heavy atom. The van der Waals surface area contributed by atoms with E-state index in [-0.39, 0.29) is 34.8 Å². The fourth-order valence-corrected chi connectivity index (χ4v) is 4.38. The van der Waals surface area contributed by atoms with Crippen LogP contribution in [0.2, 0.25) is 5.02 Å². The maximum Gasteiger partial charge on any atom is 0.417 e. The SMILES string of the molecule is COC(=O)NCC(=O)N1CCCC1c1ncc(-c2ccc(-c3cc(Cl)c(N)cc3C(F)(F)F)cc2)[nH]1. The molecule has 2 aromatic carbocycles. The number of nitrogens with zero attached hydrogens (tertiary/aromatic N) is 2. The van der Waals surface area contributed by atoms with Gasteiger partial charge in [0, 0.05) is 6.54 Å². The summed E-state index contributed by atoms with van der Waals surface area (Å²) in [5.74, 6) is 0.329. The van der Waals surface area contributed by atoms with Gasteiger partial charge < -0.3 is 25.7 Å². The molecule has 4 rings (SSSR count). The van der Waals surface area contributed by atoms with Crippen LogP contribution in [0.15, 0.2) is 42.6 Å². The molecule has 1 aliphatic heterocycles. The molecule has 2 heterocycles. The highest BCUT2D eigenvalue weighted by Gasteiger charge is 2.35. The third-order valence-electron chi connectivity index (χ3n) is 6.00. The van der Waals surface area contributed by atoms with Crippen molar-refractivity contribution < 1.29 is 27.5 Å². The number of nitrogens with one attached hydrogen (secondary N) is 2. The maximum atomic E-state index is 13.6. The highest BCUT2D eigenvalue weighted by atomic mass is 35.5. The number of methoxy groups -OCH3 is 1. The number of aromatic nitrogens is 2. The van der Waals surface area contributed by atoms with E-state index in [1.165, 1.54) is 13.2 Å². The maximum absolute atomic E-state index is 13.6. The quantitative estimate of drug-likeness (QED) is 0.408. The molecule has 1 aromatic heterocycles. The number of alkyl halides is 3. The van der Waals surface area contributed by atoms with E-state index in [2.05, 4.69) is 20.0 Å². The molecular weight excluding hydrogens is 499 g/mol. The number of halogens is 4. The minimum Gasteiger partial charge on any atom is -0.453 e. The number of amides is 2. The van der Waals surface area contributed by atoms with Crippen molar-refractivity contribution in [2.45, 2.75) is 25.1 Å². The molecule has 0 aliphatic carbocycles. The number of carbonyl (C=O) groups is 2. The number of imidazole rings is 1. The number of hydrogen-bond acceptors (Lipinski definition) is 5. The predicted octanol–water partition coefficient (Wildman–Crippen LogP) is 5.02. The fraction of sp³-hybridized carbons (Fsp3) is 0.292. The smallest absolute Gasteiger partial charge is 0.417 e. The van der Waals surface area contributed by atoms with E-state index < -0.39 is 17.8 Å². The van der Waals surface area contributed by atoms with Gasteiger partial charge in [0.1, 0.15) is 12.4 Å². The molecule has 4 N–H and O–H groups in total. The van der Waals surface area contributed by atoms with Gasteiger partial charge >= 0.3 is 12.3 Å². The average molecular weight is 522 g/mol.